The van der Waals surface area contributed by atoms with Gasteiger partial charge >= 0.3 is 0 Å². The van der Waals surface area contributed by atoms with Crippen LogP contribution in [0.15, 0.2) is 79.6 Å². The van der Waals surface area contributed by atoms with Crippen LogP contribution in [0.5, 0.6) is 5.75 Å². The zero-order valence-corrected chi connectivity index (χ0v) is 28.5. The third kappa shape index (κ3) is 7.36. The lowest BCUT2D eigenvalue weighted by Crippen LogP contribution is -2.49. The van der Waals surface area contributed by atoms with Gasteiger partial charge in [-0.2, -0.15) is 0 Å². The minimum atomic E-state index is -0.765. The Bertz CT molecular complexity index is 1870. The Labute approximate surface area is 295 Å². The number of piperidine rings is 1. The van der Waals surface area contributed by atoms with E-state index in [1.54, 1.807) is 31.4 Å². The number of hydrogen-bond acceptors (Lipinski definition) is 10. The highest BCUT2D eigenvalue weighted by Gasteiger charge is 2.35. The van der Waals surface area contributed by atoms with Gasteiger partial charge in [-0.3, -0.25) is 14.5 Å². The number of nitrogens with zero attached hydrogens (tertiary/aromatic N) is 5. The third-order valence-electron chi connectivity index (χ3n) is 9.72. The number of rotatable bonds is 10. The number of methoxy groups -OCH3 is 1. The van der Waals surface area contributed by atoms with Crippen LogP contribution in [-0.4, -0.2) is 79.9 Å². The van der Waals surface area contributed by atoms with Gasteiger partial charge in [0.1, 0.15) is 29.5 Å². The molecule has 4 aromatic rings. The fraction of sp³-hybridized carbons (Fsp3) is 0.342. The number of anilines is 5. The monoisotopic (exact) mass is 697 g/mol. The second-order valence-corrected chi connectivity index (χ2v) is 12.7. The Hall–Kier alpha value is -5.11. The van der Waals surface area contributed by atoms with Gasteiger partial charge in [0.25, 0.3) is 0 Å². The number of benzene rings is 3. The number of halogens is 2. The van der Waals surface area contributed by atoms with Crippen LogP contribution in [0.25, 0.3) is 11.1 Å². The second-order valence-electron chi connectivity index (χ2n) is 12.7. The summed E-state index contributed by atoms with van der Waals surface area (Å²) in [5.74, 6) is -0.408. The van der Waals surface area contributed by atoms with Crippen LogP contribution in [0.3, 0.4) is 0 Å². The predicted octanol–water partition coefficient (Wildman–Crippen LogP) is 6.48. The number of carbonyl (C=O) groups is 1. The predicted molar refractivity (Wildman–Crippen MR) is 192 cm³/mol. The van der Waals surface area contributed by atoms with Crippen molar-refractivity contribution in [3.63, 3.8) is 0 Å². The largest absolute Gasteiger partial charge is 0.494 e. The fourth-order valence-electron chi connectivity index (χ4n) is 7.14. The molecule has 2 N–H and O–H groups in total. The average Bonchev–Trinajstić information content (AvgIpc) is 3.65. The molecule has 266 valence electrons. The normalized spacial score (nSPS) is 18.5. The van der Waals surface area contributed by atoms with E-state index in [0.717, 1.165) is 57.9 Å². The summed E-state index contributed by atoms with van der Waals surface area (Å²) in [7, 11) is 1.58. The van der Waals surface area contributed by atoms with E-state index < -0.39 is 17.7 Å². The third-order valence-corrected chi connectivity index (χ3v) is 9.72. The van der Waals surface area contributed by atoms with Gasteiger partial charge < -0.3 is 25.0 Å². The number of ether oxygens (including phenoxy) is 2. The molecule has 1 atom stereocenters. The van der Waals surface area contributed by atoms with Crippen LogP contribution in [-0.2, 0) is 14.4 Å². The number of hydrogen-bond donors (Lipinski definition) is 2. The van der Waals surface area contributed by atoms with Crippen molar-refractivity contribution in [1.82, 2.24) is 14.9 Å². The van der Waals surface area contributed by atoms with Crippen molar-refractivity contribution in [3.05, 3.63) is 96.8 Å². The summed E-state index contributed by atoms with van der Waals surface area (Å²) < 4.78 is 42.7. The Morgan fingerprint density at radius 1 is 0.961 bits per heavy atom. The minimum absolute atomic E-state index is 0.0872. The quantitative estimate of drug-likeness (QED) is 0.179. The molecule has 7 rings (SSSR count). The average molecular weight is 698 g/mol. The smallest absolute Gasteiger partial charge is 0.247 e. The van der Waals surface area contributed by atoms with Crippen LogP contribution >= 0.6 is 0 Å². The van der Waals surface area contributed by atoms with Crippen molar-refractivity contribution in [2.75, 3.05) is 73.7 Å². The van der Waals surface area contributed by atoms with E-state index in [1.165, 1.54) is 29.6 Å². The molecule has 3 aliphatic heterocycles. The second kappa shape index (κ2) is 15.4. The molecule has 0 aliphatic carbocycles. The van der Waals surface area contributed by atoms with Gasteiger partial charge in [0.05, 0.1) is 50.0 Å². The molecule has 3 aromatic carbocycles. The highest BCUT2D eigenvalue weighted by Crippen LogP contribution is 2.42. The van der Waals surface area contributed by atoms with Crippen molar-refractivity contribution in [3.8, 4) is 16.9 Å². The lowest BCUT2D eigenvalue weighted by molar-refractivity contribution is -0.111. The molecule has 0 radical (unpaired) electrons. The van der Waals surface area contributed by atoms with Crippen molar-refractivity contribution >= 4 is 34.6 Å². The van der Waals surface area contributed by atoms with Crippen LogP contribution in [0.4, 0.5) is 37.5 Å². The summed E-state index contributed by atoms with van der Waals surface area (Å²) in [6, 6.07) is 16.9. The first-order chi connectivity index (χ1) is 24.9. The maximum Gasteiger partial charge on any atom is 0.247 e. The van der Waals surface area contributed by atoms with Gasteiger partial charge in [0.15, 0.2) is 5.82 Å². The minimum Gasteiger partial charge on any atom is -0.494 e. The summed E-state index contributed by atoms with van der Waals surface area (Å²) in [5.41, 5.74) is 2.84. The van der Waals surface area contributed by atoms with Crippen LogP contribution in [0.1, 0.15) is 30.9 Å². The number of nitrogens with one attached hydrogen (secondary N) is 2. The van der Waals surface area contributed by atoms with Crippen LogP contribution < -0.4 is 25.3 Å². The van der Waals surface area contributed by atoms with Gasteiger partial charge in [-0.15, -0.1) is 0 Å². The molecule has 1 unspecified atom stereocenters. The molecular formula is C38H41F2N7O4. The summed E-state index contributed by atoms with van der Waals surface area (Å²) in [5, 5.41) is 7.68. The molecule has 0 saturated carbocycles. The Morgan fingerprint density at radius 3 is 2.49 bits per heavy atom. The van der Waals surface area contributed by atoms with Crippen LogP contribution in [0, 0.1) is 11.6 Å². The number of hydroxylamine groups is 1. The summed E-state index contributed by atoms with van der Waals surface area (Å²) >= 11 is 0. The fourth-order valence-corrected chi connectivity index (χ4v) is 7.14. The molecule has 51 heavy (non-hydrogen) atoms. The van der Waals surface area contributed by atoms with E-state index >= 15 is 8.78 Å². The molecule has 13 heteroatoms. The summed E-state index contributed by atoms with van der Waals surface area (Å²) in [6.45, 7) is 8.94. The van der Waals surface area contributed by atoms with Gasteiger partial charge in [0.2, 0.25) is 5.91 Å². The number of morpholine rings is 1. The van der Waals surface area contributed by atoms with E-state index in [0.29, 0.717) is 52.3 Å². The number of carbonyl (C=O) groups excluding carboxylic acids is 1. The lowest BCUT2D eigenvalue weighted by atomic mass is 9.96. The Morgan fingerprint density at radius 2 is 1.75 bits per heavy atom. The molecule has 0 bridgehead atoms. The highest BCUT2D eigenvalue weighted by atomic mass is 19.1. The molecule has 4 heterocycles. The van der Waals surface area contributed by atoms with Gasteiger partial charge in [-0.05, 0) is 42.7 Å². The van der Waals surface area contributed by atoms with Crippen molar-refractivity contribution < 1.29 is 27.9 Å². The first-order valence-corrected chi connectivity index (χ1v) is 17.2. The maximum absolute atomic E-state index is 16.0. The molecule has 11 nitrogen and oxygen atoms in total. The molecule has 3 aliphatic rings. The standard InChI is InChI=1S/C38H41F2N7O4/c1-3-36(48)44-29-21-30(33(49-2)22-32(29)46-14-11-26(12-15-46)45-16-19-50-20-17-45)43-34-23-35(42-24-41-34)47-31(13-18-51-47)37-28(39)10-9-27(38(37)40)25-7-5-4-6-8-25/h3-10,21-24,26,31H,1,11-20H2,2H3,(H,44,48)(H,41,42,43). The Kier molecular flexibility index (Phi) is 10.4. The van der Waals surface area contributed by atoms with Gasteiger partial charge in [0, 0.05) is 61.9 Å². The topological polar surface area (TPSA) is 104 Å². The van der Waals surface area contributed by atoms with E-state index in [1.807, 2.05) is 24.3 Å². The van der Waals surface area contributed by atoms with Crippen molar-refractivity contribution in [1.29, 1.82) is 0 Å². The van der Waals surface area contributed by atoms with Crippen LogP contribution in [0.2, 0.25) is 0 Å². The lowest BCUT2D eigenvalue weighted by Gasteiger charge is -2.41. The first-order valence-electron chi connectivity index (χ1n) is 17.2. The maximum atomic E-state index is 16.0. The molecule has 1 aromatic heterocycles. The molecule has 0 spiro atoms. The molecule has 3 fully saturated rings. The summed E-state index contributed by atoms with van der Waals surface area (Å²) in [6.07, 6.45) is 4.92. The molecule has 3 saturated heterocycles. The number of aromatic nitrogens is 2. The van der Waals surface area contributed by atoms with Crippen molar-refractivity contribution in [2.24, 2.45) is 0 Å². The summed E-state index contributed by atoms with van der Waals surface area (Å²) in [4.78, 5) is 32.0. The van der Waals surface area contributed by atoms with E-state index in [2.05, 4.69) is 37.0 Å². The first kappa shape index (κ1) is 34.3. The van der Waals surface area contributed by atoms with E-state index in [9.17, 15) is 4.79 Å². The number of amides is 1. The van der Waals surface area contributed by atoms with Crippen molar-refractivity contribution in [2.45, 2.75) is 31.3 Å². The molecular weight excluding hydrogens is 656 g/mol. The van der Waals surface area contributed by atoms with E-state index in [-0.39, 0.29) is 18.1 Å². The van der Waals surface area contributed by atoms with Gasteiger partial charge in [-0.25, -0.2) is 23.8 Å². The molecule has 1 amide bonds. The zero-order chi connectivity index (χ0) is 35.3. The van der Waals surface area contributed by atoms with E-state index in [4.69, 9.17) is 14.3 Å². The highest BCUT2D eigenvalue weighted by molar-refractivity contribution is 6.02. The Balaban J connectivity index is 1.14. The van der Waals surface area contributed by atoms with Gasteiger partial charge in [-0.1, -0.05) is 36.9 Å². The zero-order valence-electron chi connectivity index (χ0n) is 28.5. The SMILES string of the molecule is C=CC(=O)Nc1cc(Nc2cc(N3OCCC3c3c(F)ccc(-c4ccccc4)c3F)ncn2)c(OC)cc1N1CCC(N2CCOCC2)CC1.